The van der Waals surface area contributed by atoms with Gasteiger partial charge in [-0.15, -0.1) is 0 Å². The molecule has 6 heteroatoms. The van der Waals surface area contributed by atoms with Gasteiger partial charge in [0.2, 0.25) is 10.0 Å². The predicted molar refractivity (Wildman–Crippen MR) is 80.4 cm³/mol. The molecule has 0 radical (unpaired) electrons. The minimum absolute atomic E-state index is 0.231. The molecule has 1 unspecified atom stereocenters. The maximum absolute atomic E-state index is 12.5. The number of benzene rings is 1. The number of rotatable bonds is 3. The molecular formula is C14H21N3O2S. The molecule has 1 aromatic carbocycles. The van der Waals surface area contributed by atoms with Crippen molar-refractivity contribution in [3.8, 4) is 0 Å². The Morgan fingerprint density at radius 1 is 1.05 bits per heavy atom. The molecule has 1 N–H and O–H groups in total. The monoisotopic (exact) mass is 295 g/mol. The second-order valence-corrected chi connectivity index (χ2v) is 7.59. The predicted octanol–water partition coefficient (Wildman–Crippen LogP) is 0.500. The van der Waals surface area contributed by atoms with Gasteiger partial charge >= 0.3 is 0 Å². The number of hydrogen-bond donors (Lipinski definition) is 1. The van der Waals surface area contributed by atoms with Gasteiger partial charge in [-0.25, -0.2) is 8.42 Å². The normalized spacial score (nSPS) is 25.0. The van der Waals surface area contributed by atoms with Gasteiger partial charge in [0.25, 0.3) is 0 Å². The largest absolute Gasteiger partial charge is 0.369 e. The first-order chi connectivity index (χ1) is 9.68. The molecule has 2 heterocycles. The van der Waals surface area contributed by atoms with E-state index in [-0.39, 0.29) is 5.25 Å². The van der Waals surface area contributed by atoms with Crippen LogP contribution in [0.25, 0.3) is 0 Å². The van der Waals surface area contributed by atoms with Crippen molar-refractivity contribution in [2.75, 3.05) is 44.2 Å². The summed E-state index contributed by atoms with van der Waals surface area (Å²) >= 11 is 0. The van der Waals surface area contributed by atoms with E-state index in [0.717, 1.165) is 26.1 Å². The molecule has 0 saturated carbocycles. The molecule has 0 spiro atoms. The quantitative estimate of drug-likeness (QED) is 0.882. The molecule has 2 saturated heterocycles. The van der Waals surface area contributed by atoms with Crippen molar-refractivity contribution in [2.45, 2.75) is 11.7 Å². The summed E-state index contributed by atoms with van der Waals surface area (Å²) in [5.41, 5.74) is 1.17. The van der Waals surface area contributed by atoms with Crippen LogP contribution in [-0.4, -0.2) is 57.2 Å². The first-order valence-electron chi connectivity index (χ1n) is 7.17. The van der Waals surface area contributed by atoms with Crippen LogP contribution in [0, 0.1) is 0 Å². The fraction of sp³-hybridized carbons (Fsp3) is 0.571. The van der Waals surface area contributed by atoms with Gasteiger partial charge in [-0.3, -0.25) is 0 Å². The van der Waals surface area contributed by atoms with Gasteiger partial charge in [-0.2, -0.15) is 4.31 Å². The Morgan fingerprint density at radius 3 is 2.35 bits per heavy atom. The van der Waals surface area contributed by atoms with E-state index >= 15 is 0 Å². The van der Waals surface area contributed by atoms with Crippen LogP contribution in [0.15, 0.2) is 30.3 Å². The summed E-state index contributed by atoms with van der Waals surface area (Å²) in [5.74, 6) is 0. The van der Waals surface area contributed by atoms with E-state index < -0.39 is 10.0 Å². The van der Waals surface area contributed by atoms with Gasteiger partial charge in [0.15, 0.2) is 0 Å². The van der Waals surface area contributed by atoms with Gasteiger partial charge in [0.1, 0.15) is 0 Å². The Hall–Kier alpha value is -1.11. The van der Waals surface area contributed by atoms with Gasteiger partial charge in [-0.1, -0.05) is 18.2 Å². The Morgan fingerprint density at radius 2 is 1.75 bits per heavy atom. The smallest absolute Gasteiger partial charge is 0.218 e. The molecule has 0 aliphatic carbocycles. The summed E-state index contributed by atoms with van der Waals surface area (Å²) in [6.45, 7) is 4.13. The lowest BCUT2D eigenvalue weighted by molar-refractivity contribution is 0.379. The number of hydrogen-bond acceptors (Lipinski definition) is 4. The lowest BCUT2D eigenvalue weighted by Gasteiger charge is -2.36. The first-order valence-corrected chi connectivity index (χ1v) is 8.68. The molecule has 1 aromatic rings. The maximum Gasteiger partial charge on any atom is 0.218 e. The highest BCUT2D eigenvalue weighted by Gasteiger charge is 2.35. The molecule has 110 valence electrons. The number of anilines is 1. The van der Waals surface area contributed by atoms with Crippen LogP contribution in [0.3, 0.4) is 0 Å². The highest BCUT2D eigenvalue weighted by Crippen LogP contribution is 2.20. The summed E-state index contributed by atoms with van der Waals surface area (Å²) in [6, 6.07) is 10.2. The van der Waals surface area contributed by atoms with Crippen molar-refractivity contribution in [1.82, 2.24) is 9.62 Å². The lowest BCUT2D eigenvalue weighted by atomic mass is 10.2. The number of para-hydroxylation sites is 1. The molecule has 1 atom stereocenters. The maximum atomic E-state index is 12.5. The third-order valence-electron chi connectivity index (χ3n) is 4.16. The van der Waals surface area contributed by atoms with Crippen LogP contribution in [0.1, 0.15) is 6.42 Å². The zero-order valence-corrected chi connectivity index (χ0v) is 12.3. The van der Waals surface area contributed by atoms with Gasteiger partial charge < -0.3 is 10.2 Å². The third-order valence-corrected chi connectivity index (χ3v) is 6.49. The lowest BCUT2D eigenvalue weighted by Crippen LogP contribution is -2.51. The highest BCUT2D eigenvalue weighted by molar-refractivity contribution is 7.89. The number of nitrogens with zero attached hydrogens (tertiary/aromatic N) is 2. The SMILES string of the molecule is O=S(=O)(C1CCNC1)N1CCN(c2ccccc2)CC1. The minimum atomic E-state index is -3.12. The Balaban J connectivity index is 1.64. The Labute approximate surface area is 120 Å². The number of piperazine rings is 1. The molecule has 0 aromatic heterocycles. The molecule has 3 rings (SSSR count). The van der Waals surface area contributed by atoms with Crippen LogP contribution in [0.5, 0.6) is 0 Å². The van der Waals surface area contributed by atoms with Crippen molar-refractivity contribution in [1.29, 1.82) is 0 Å². The van der Waals surface area contributed by atoms with Crippen molar-refractivity contribution in [3.63, 3.8) is 0 Å². The molecule has 2 aliphatic heterocycles. The van der Waals surface area contributed by atoms with Crippen LogP contribution >= 0.6 is 0 Å². The number of nitrogens with one attached hydrogen (secondary N) is 1. The van der Waals surface area contributed by atoms with Crippen LogP contribution in [0.4, 0.5) is 5.69 Å². The van der Waals surface area contributed by atoms with E-state index in [9.17, 15) is 8.42 Å². The summed E-state index contributed by atoms with van der Waals surface area (Å²) in [5, 5.41) is 2.91. The average Bonchev–Trinajstić information content (AvgIpc) is 3.03. The van der Waals surface area contributed by atoms with Gasteiger partial charge in [0.05, 0.1) is 5.25 Å². The second kappa shape index (κ2) is 5.71. The van der Waals surface area contributed by atoms with Gasteiger partial charge in [0, 0.05) is 38.4 Å². The van der Waals surface area contributed by atoms with E-state index in [2.05, 4.69) is 22.3 Å². The molecule has 0 bridgehead atoms. The zero-order chi connectivity index (χ0) is 14.0. The first kappa shape index (κ1) is 13.9. The van der Waals surface area contributed by atoms with E-state index in [0.29, 0.717) is 19.6 Å². The fourth-order valence-electron chi connectivity index (χ4n) is 2.93. The van der Waals surface area contributed by atoms with Crippen LogP contribution in [-0.2, 0) is 10.0 Å². The van der Waals surface area contributed by atoms with Crippen molar-refractivity contribution in [3.05, 3.63) is 30.3 Å². The van der Waals surface area contributed by atoms with E-state index in [1.54, 1.807) is 4.31 Å². The van der Waals surface area contributed by atoms with Crippen molar-refractivity contribution < 1.29 is 8.42 Å². The molecule has 20 heavy (non-hydrogen) atoms. The summed E-state index contributed by atoms with van der Waals surface area (Å²) in [7, 11) is -3.12. The fourth-order valence-corrected chi connectivity index (χ4v) is 4.77. The standard InChI is InChI=1S/C14H21N3O2S/c18-20(19,14-6-7-15-12-14)17-10-8-16(9-11-17)13-4-2-1-3-5-13/h1-5,14-15H,6-12H2. The summed E-state index contributed by atoms with van der Waals surface area (Å²) < 4.78 is 26.7. The average molecular weight is 295 g/mol. The molecule has 5 nitrogen and oxygen atoms in total. The van der Waals surface area contributed by atoms with Crippen molar-refractivity contribution >= 4 is 15.7 Å². The topological polar surface area (TPSA) is 52.7 Å². The molecule has 0 amide bonds. The van der Waals surface area contributed by atoms with Crippen molar-refractivity contribution in [2.24, 2.45) is 0 Å². The highest BCUT2D eigenvalue weighted by atomic mass is 32.2. The zero-order valence-electron chi connectivity index (χ0n) is 11.5. The Bertz CT molecular complexity index is 533. The third kappa shape index (κ3) is 2.68. The Kier molecular flexibility index (Phi) is 3.96. The van der Waals surface area contributed by atoms with E-state index in [1.165, 1.54) is 5.69 Å². The van der Waals surface area contributed by atoms with Gasteiger partial charge in [-0.05, 0) is 25.1 Å². The molecular weight excluding hydrogens is 274 g/mol. The second-order valence-electron chi connectivity index (χ2n) is 5.38. The molecule has 2 aliphatic rings. The molecule has 2 fully saturated rings. The summed E-state index contributed by atoms with van der Waals surface area (Å²) in [6.07, 6.45) is 0.737. The van der Waals surface area contributed by atoms with E-state index in [4.69, 9.17) is 0 Å². The summed E-state index contributed by atoms with van der Waals surface area (Å²) in [4.78, 5) is 2.25. The van der Waals surface area contributed by atoms with E-state index in [1.807, 2.05) is 18.2 Å². The van der Waals surface area contributed by atoms with Crippen LogP contribution in [0.2, 0.25) is 0 Å². The van der Waals surface area contributed by atoms with Crippen LogP contribution < -0.4 is 10.2 Å². The minimum Gasteiger partial charge on any atom is -0.369 e. The number of sulfonamides is 1.